The van der Waals surface area contributed by atoms with Crippen LogP contribution in [0, 0.1) is 11.7 Å². The number of carbonyl (C=O) groups excluding carboxylic acids is 1. The third-order valence-electron chi connectivity index (χ3n) is 4.83. The van der Waals surface area contributed by atoms with Gasteiger partial charge >= 0.3 is 5.97 Å². The van der Waals surface area contributed by atoms with Gasteiger partial charge in [0.2, 0.25) is 5.89 Å². The van der Waals surface area contributed by atoms with Crippen molar-refractivity contribution >= 4 is 27.3 Å². The molecule has 10 heteroatoms. The molecule has 0 bridgehead atoms. The van der Waals surface area contributed by atoms with Crippen molar-refractivity contribution in [3.05, 3.63) is 59.7 Å². The van der Waals surface area contributed by atoms with E-state index >= 15 is 0 Å². The molecule has 7 nitrogen and oxygen atoms in total. The Bertz CT molecular complexity index is 1110. The molecule has 30 heavy (non-hydrogen) atoms. The Hall–Kier alpha value is -2.56. The number of ether oxygens (including phenoxy) is 1. The Balaban J connectivity index is 1.36. The fraction of sp³-hybridized carbons (Fsp3) is 0.300. The second-order valence-electron chi connectivity index (χ2n) is 6.87. The number of carbonyl (C=O) groups is 1. The molecule has 0 unspecified atom stereocenters. The molecule has 1 saturated heterocycles. The number of piperidine rings is 1. The molecule has 0 saturated carbocycles. The van der Waals surface area contributed by atoms with Crippen LogP contribution in [0.15, 0.2) is 56.6 Å². The SMILES string of the molecule is O=C(OCc1ncc(-c2ccc(F)cc2)o1)[C@@H]1CCCN(S(=O)(=O)c2cccs2)C1. The first-order chi connectivity index (χ1) is 14.4. The third kappa shape index (κ3) is 4.45. The van der Waals surface area contributed by atoms with Gasteiger partial charge in [0.1, 0.15) is 10.0 Å². The summed E-state index contributed by atoms with van der Waals surface area (Å²) in [5, 5.41) is 1.71. The largest absolute Gasteiger partial charge is 0.455 e. The van der Waals surface area contributed by atoms with Crippen molar-refractivity contribution in [2.45, 2.75) is 23.7 Å². The van der Waals surface area contributed by atoms with Gasteiger partial charge in [-0.3, -0.25) is 4.79 Å². The number of hydrogen-bond donors (Lipinski definition) is 0. The van der Waals surface area contributed by atoms with E-state index in [0.717, 1.165) is 11.3 Å². The summed E-state index contributed by atoms with van der Waals surface area (Å²) in [6, 6.07) is 9.01. The van der Waals surface area contributed by atoms with Crippen LogP contribution < -0.4 is 0 Å². The number of esters is 1. The zero-order valence-electron chi connectivity index (χ0n) is 15.9. The summed E-state index contributed by atoms with van der Waals surface area (Å²) in [7, 11) is -3.60. The molecule has 4 rings (SSSR count). The van der Waals surface area contributed by atoms with E-state index in [9.17, 15) is 17.6 Å². The summed E-state index contributed by atoms with van der Waals surface area (Å²) >= 11 is 1.15. The van der Waals surface area contributed by atoms with Gasteiger partial charge in [0.05, 0.1) is 12.1 Å². The predicted octanol–water partition coefficient (Wildman–Crippen LogP) is 3.69. The highest BCUT2D eigenvalue weighted by atomic mass is 32.2. The second-order valence-corrected chi connectivity index (χ2v) is 9.98. The molecule has 1 aliphatic heterocycles. The van der Waals surface area contributed by atoms with E-state index in [0.29, 0.717) is 30.7 Å². The van der Waals surface area contributed by atoms with Gasteiger partial charge in [-0.1, -0.05) is 6.07 Å². The number of halogens is 1. The first-order valence-corrected chi connectivity index (χ1v) is 11.7. The zero-order chi connectivity index (χ0) is 21.1. The van der Waals surface area contributed by atoms with Gasteiger partial charge in [0, 0.05) is 18.7 Å². The van der Waals surface area contributed by atoms with Crippen molar-refractivity contribution < 1.29 is 26.8 Å². The first kappa shape index (κ1) is 20.7. The molecule has 3 aromatic rings. The smallest absolute Gasteiger partial charge is 0.310 e. The summed E-state index contributed by atoms with van der Waals surface area (Å²) in [4.78, 5) is 16.6. The summed E-state index contributed by atoms with van der Waals surface area (Å²) in [6.45, 7) is 0.310. The fourth-order valence-corrected chi connectivity index (χ4v) is 5.93. The van der Waals surface area contributed by atoms with E-state index < -0.39 is 21.9 Å². The van der Waals surface area contributed by atoms with Crippen LogP contribution in [0.1, 0.15) is 18.7 Å². The fourth-order valence-electron chi connectivity index (χ4n) is 3.27. The molecule has 0 aliphatic carbocycles. The lowest BCUT2D eigenvalue weighted by Gasteiger charge is -2.30. The Morgan fingerprint density at radius 1 is 1.30 bits per heavy atom. The molecular weight excluding hydrogens is 431 g/mol. The molecule has 0 radical (unpaired) electrons. The molecule has 1 atom stereocenters. The Morgan fingerprint density at radius 2 is 2.10 bits per heavy atom. The summed E-state index contributed by atoms with van der Waals surface area (Å²) in [5.74, 6) is -0.730. The van der Waals surface area contributed by atoms with E-state index in [1.165, 1.54) is 22.6 Å². The Morgan fingerprint density at radius 3 is 2.83 bits per heavy atom. The minimum absolute atomic E-state index is 0.0888. The highest BCUT2D eigenvalue weighted by Crippen LogP contribution is 2.27. The number of thiophene rings is 1. The van der Waals surface area contributed by atoms with Gasteiger partial charge in [-0.05, 0) is 48.6 Å². The zero-order valence-corrected chi connectivity index (χ0v) is 17.5. The monoisotopic (exact) mass is 450 g/mol. The van der Waals surface area contributed by atoms with Crippen molar-refractivity contribution in [3.63, 3.8) is 0 Å². The van der Waals surface area contributed by atoms with Gasteiger partial charge in [-0.15, -0.1) is 11.3 Å². The minimum atomic E-state index is -3.60. The Kier molecular flexibility index (Phi) is 5.98. The highest BCUT2D eigenvalue weighted by molar-refractivity contribution is 7.91. The number of nitrogens with zero attached hydrogens (tertiary/aromatic N) is 2. The van der Waals surface area contributed by atoms with Gasteiger partial charge in [-0.25, -0.2) is 17.8 Å². The van der Waals surface area contributed by atoms with E-state index in [4.69, 9.17) is 9.15 Å². The lowest BCUT2D eigenvalue weighted by molar-refractivity contribution is -0.151. The predicted molar refractivity (Wildman–Crippen MR) is 107 cm³/mol. The van der Waals surface area contributed by atoms with Crippen molar-refractivity contribution in [3.8, 4) is 11.3 Å². The van der Waals surface area contributed by atoms with Crippen LogP contribution in [0.3, 0.4) is 0 Å². The van der Waals surface area contributed by atoms with E-state index in [1.807, 2.05) is 0 Å². The molecule has 1 aromatic carbocycles. The maximum Gasteiger partial charge on any atom is 0.310 e. The van der Waals surface area contributed by atoms with Crippen molar-refractivity contribution in [2.24, 2.45) is 5.92 Å². The van der Waals surface area contributed by atoms with Crippen LogP contribution in [0.25, 0.3) is 11.3 Å². The lowest BCUT2D eigenvalue weighted by Crippen LogP contribution is -2.42. The number of aromatic nitrogens is 1. The molecule has 0 amide bonds. The lowest BCUT2D eigenvalue weighted by atomic mass is 10.0. The summed E-state index contributed by atoms with van der Waals surface area (Å²) < 4.78 is 50.9. The van der Waals surface area contributed by atoms with Crippen molar-refractivity contribution in [2.75, 3.05) is 13.1 Å². The molecular formula is C20H19FN2O5S2. The normalized spacial score (nSPS) is 17.7. The molecule has 2 aromatic heterocycles. The first-order valence-electron chi connectivity index (χ1n) is 9.34. The van der Waals surface area contributed by atoms with Gasteiger partial charge in [0.25, 0.3) is 10.0 Å². The van der Waals surface area contributed by atoms with E-state index in [1.54, 1.807) is 29.6 Å². The number of hydrogen-bond acceptors (Lipinski definition) is 7. The molecule has 0 spiro atoms. The third-order valence-corrected chi connectivity index (χ3v) is 8.07. The van der Waals surface area contributed by atoms with Crippen LogP contribution in [0.2, 0.25) is 0 Å². The average molecular weight is 451 g/mol. The van der Waals surface area contributed by atoms with Crippen LogP contribution >= 0.6 is 11.3 Å². The highest BCUT2D eigenvalue weighted by Gasteiger charge is 2.34. The van der Waals surface area contributed by atoms with E-state index in [-0.39, 0.29) is 29.1 Å². The average Bonchev–Trinajstić information content (AvgIpc) is 3.45. The molecule has 1 fully saturated rings. The van der Waals surface area contributed by atoms with Crippen LogP contribution in [-0.4, -0.2) is 36.8 Å². The van der Waals surface area contributed by atoms with Crippen molar-refractivity contribution in [1.29, 1.82) is 0 Å². The van der Waals surface area contributed by atoms with Gasteiger partial charge in [0.15, 0.2) is 12.4 Å². The quantitative estimate of drug-likeness (QED) is 0.532. The van der Waals surface area contributed by atoms with Gasteiger partial charge in [-0.2, -0.15) is 4.31 Å². The van der Waals surface area contributed by atoms with Crippen LogP contribution in [0.4, 0.5) is 4.39 Å². The maximum absolute atomic E-state index is 13.0. The standard InChI is InChI=1S/C20H19FN2O5S2/c21-16-7-5-14(6-8-16)17-11-22-18(28-17)13-27-20(24)15-3-1-9-23(12-15)30(25,26)19-4-2-10-29-19/h2,4-8,10-11,15H,1,3,9,12-13H2/t15-/m1/s1. The number of sulfonamides is 1. The van der Waals surface area contributed by atoms with Crippen molar-refractivity contribution in [1.82, 2.24) is 9.29 Å². The number of benzene rings is 1. The summed E-state index contributed by atoms with van der Waals surface area (Å²) in [6.07, 6.45) is 2.62. The number of rotatable bonds is 6. The van der Waals surface area contributed by atoms with E-state index in [2.05, 4.69) is 4.98 Å². The maximum atomic E-state index is 13.0. The number of oxazole rings is 1. The summed E-state index contributed by atoms with van der Waals surface area (Å²) in [5.41, 5.74) is 0.656. The Labute approximate surface area is 177 Å². The second kappa shape index (κ2) is 8.66. The topological polar surface area (TPSA) is 89.7 Å². The molecule has 1 aliphatic rings. The van der Waals surface area contributed by atoms with Crippen LogP contribution in [-0.2, 0) is 26.2 Å². The molecule has 158 valence electrons. The minimum Gasteiger partial charge on any atom is -0.455 e. The van der Waals surface area contributed by atoms with Crippen LogP contribution in [0.5, 0.6) is 0 Å². The molecule has 3 heterocycles. The molecule has 0 N–H and O–H groups in total. The van der Waals surface area contributed by atoms with Gasteiger partial charge < -0.3 is 9.15 Å².